The second kappa shape index (κ2) is 7.07. The number of carbonyl (C=O) groups excluding carboxylic acids is 1. The molecule has 0 atom stereocenters. The summed E-state index contributed by atoms with van der Waals surface area (Å²) in [4.78, 5) is 16.6. The number of hydrogen-bond donors (Lipinski definition) is 1. The van der Waals surface area contributed by atoms with Gasteiger partial charge in [0, 0.05) is 56.9 Å². The number of halogens is 1. The summed E-state index contributed by atoms with van der Waals surface area (Å²) in [5.74, 6) is 0.0418. The van der Waals surface area contributed by atoms with Crippen LogP contribution in [0.1, 0.15) is 15.9 Å². The van der Waals surface area contributed by atoms with E-state index in [2.05, 4.69) is 10.2 Å². The molecule has 1 N–H and O–H groups in total. The fraction of sp³-hybridized carbons (Fsp3) is 0.533. The molecule has 2 rings (SSSR count). The Hall–Kier alpha value is -1.10. The van der Waals surface area contributed by atoms with Crippen LogP contribution < -0.4 is 5.32 Å². The van der Waals surface area contributed by atoms with Crippen molar-refractivity contribution in [2.45, 2.75) is 6.92 Å². The van der Waals surface area contributed by atoms with Crippen LogP contribution >= 0.6 is 11.6 Å². The summed E-state index contributed by atoms with van der Waals surface area (Å²) in [5.41, 5.74) is 1.66. The number of likely N-dealkylation sites (N-methyl/N-ethyl adjacent to an activating group) is 1. The molecule has 1 saturated heterocycles. The Morgan fingerprint density at radius 2 is 2.10 bits per heavy atom. The maximum absolute atomic E-state index is 12.4. The first-order valence-electron chi connectivity index (χ1n) is 7.02. The molecule has 0 radical (unpaired) electrons. The maximum Gasteiger partial charge on any atom is 0.253 e. The lowest BCUT2D eigenvalue weighted by molar-refractivity contribution is 0.0774. The third-order valence-corrected chi connectivity index (χ3v) is 3.97. The Balaban J connectivity index is 1.92. The van der Waals surface area contributed by atoms with E-state index in [4.69, 9.17) is 11.6 Å². The topological polar surface area (TPSA) is 35.6 Å². The third kappa shape index (κ3) is 3.95. The minimum Gasteiger partial charge on any atom is -0.340 e. The molecule has 0 bridgehead atoms. The van der Waals surface area contributed by atoms with Crippen LogP contribution in [0, 0.1) is 6.92 Å². The Bertz CT molecular complexity index is 472. The van der Waals surface area contributed by atoms with Crippen LogP contribution in [-0.4, -0.2) is 62.0 Å². The number of amides is 1. The first kappa shape index (κ1) is 15.3. The van der Waals surface area contributed by atoms with Gasteiger partial charge in [-0.1, -0.05) is 17.7 Å². The van der Waals surface area contributed by atoms with Gasteiger partial charge in [-0.2, -0.15) is 0 Å². The second-order valence-corrected chi connectivity index (χ2v) is 5.71. The average molecular weight is 296 g/mol. The van der Waals surface area contributed by atoms with Crippen molar-refractivity contribution < 1.29 is 4.79 Å². The number of nitrogens with zero attached hydrogens (tertiary/aromatic N) is 2. The molecule has 1 amide bonds. The summed E-state index contributed by atoms with van der Waals surface area (Å²) in [6.45, 7) is 7.77. The van der Waals surface area contributed by atoms with E-state index in [0.717, 1.165) is 44.8 Å². The monoisotopic (exact) mass is 295 g/mol. The molecule has 110 valence electrons. The van der Waals surface area contributed by atoms with E-state index in [-0.39, 0.29) is 5.91 Å². The van der Waals surface area contributed by atoms with Crippen LogP contribution in [0.15, 0.2) is 18.2 Å². The minimum absolute atomic E-state index is 0.0418. The first-order valence-corrected chi connectivity index (χ1v) is 7.40. The van der Waals surface area contributed by atoms with Crippen LogP contribution in [0.3, 0.4) is 0 Å². The van der Waals surface area contributed by atoms with E-state index in [9.17, 15) is 4.79 Å². The summed E-state index contributed by atoms with van der Waals surface area (Å²) in [7, 11) is 1.85. The lowest BCUT2D eigenvalue weighted by Gasteiger charge is -2.29. The number of benzene rings is 1. The van der Waals surface area contributed by atoms with Gasteiger partial charge in [-0.15, -0.1) is 0 Å². The van der Waals surface area contributed by atoms with Crippen LogP contribution in [0.5, 0.6) is 0 Å². The molecule has 0 saturated carbocycles. The van der Waals surface area contributed by atoms with Crippen molar-refractivity contribution in [2.24, 2.45) is 0 Å². The Kier molecular flexibility index (Phi) is 5.40. The van der Waals surface area contributed by atoms with Gasteiger partial charge in [0.1, 0.15) is 0 Å². The van der Waals surface area contributed by atoms with Gasteiger partial charge in [0.15, 0.2) is 0 Å². The minimum atomic E-state index is 0.0418. The highest BCUT2D eigenvalue weighted by molar-refractivity contribution is 6.31. The molecular formula is C15H22ClN3O. The molecule has 0 aromatic heterocycles. The molecule has 1 aliphatic heterocycles. The van der Waals surface area contributed by atoms with Gasteiger partial charge in [-0.05, 0) is 24.6 Å². The zero-order valence-electron chi connectivity index (χ0n) is 12.2. The van der Waals surface area contributed by atoms with Crippen LogP contribution in [0.4, 0.5) is 0 Å². The van der Waals surface area contributed by atoms with Crippen molar-refractivity contribution in [2.75, 3.05) is 46.3 Å². The Labute approximate surface area is 125 Å². The molecule has 0 unspecified atom stereocenters. The second-order valence-electron chi connectivity index (χ2n) is 5.28. The molecule has 0 spiro atoms. The summed E-state index contributed by atoms with van der Waals surface area (Å²) in [5, 5.41) is 3.93. The van der Waals surface area contributed by atoms with Crippen molar-refractivity contribution in [3.63, 3.8) is 0 Å². The lowest BCUT2D eigenvalue weighted by Crippen LogP contribution is -2.46. The zero-order valence-corrected chi connectivity index (χ0v) is 12.9. The van der Waals surface area contributed by atoms with Crippen molar-refractivity contribution in [1.82, 2.24) is 15.1 Å². The van der Waals surface area contributed by atoms with E-state index < -0.39 is 0 Å². The fourth-order valence-electron chi connectivity index (χ4n) is 2.36. The lowest BCUT2D eigenvalue weighted by atomic mass is 10.1. The average Bonchev–Trinajstić information content (AvgIpc) is 2.47. The van der Waals surface area contributed by atoms with E-state index in [1.807, 2.05) is 26.1 Å². The predicted octanol–water partition coefficient (Wildman–Crippen LogP) is 1.63. The highest BCUT2D eigenvalue weighted by Gasteiger charge is 2.16. The third-order valence-electron chi connectivity index (χ3n) is 3.74. The van der Waals surface area contributed by atoms with E-state index >= 15 is 0 Å². The molecule has 20 heavy (non-hydrogen) atoms. The Morgan fingerprint density at radius 3 is 2.80 bits per heavy atom. The molecule has 1 fully saturated rings. The van der Waals surface area contributed by atoms with Gasteiger partial charge < -0.3 is 10.2 Å². The van der Waals surface area contributed by atoms with Gasteiger partial charge >= 0.3 is 0 Å². The fourth-order valence-corrected chi connectivity index (χ4v) is 2.53. The number of nitrogens with one attached hydrogen (secondary N) is 1. The predicted molar refractivity (Wildman–Crippen MR) is 82.5 cm³/mol. The summed E-state index contributed by atoms with van der Waals surface area (Å²) in [6.07, 6.45) is 0. The molecule has 1 aromatic carbocycles. The maximum atomic E-state index is 12.4. The van der Waals surface area contributed by atoms with Crippen molar-refractivity contribution in [3.05, 3.63) is 34.3 Å². The number of hydrogen-bond acceptors (Lipinski definition) is 3. The van der Waals surface area contributed by atoms with E-state index in [1.165, 1.54) is 0 Å². The summed E-state index contributed by atoms with van der Waals surface area (Å²) < 4.78 is 0. The summed E-state index contributed by atoms with van der Waals surface area (Å²) in [6, 6.07) is 5.45. The van der Waals surface area contributed by atoms with Crippen LogP contribution in [0.2, 0.25) is 5.02 Å². The van der Waals surface area contributed by atoms with Gasteiger partial charge in [0.25, 0.3) is 5.91 Å². The molecule has 1 aromatic rings. The molecule has 1 heterocycles. The van der Waals surface area contributed by atoms with Gasteiger partial charge in [-0.3, -0.25) is 9.69 Å². The SMILES string of the molecule is Cc1ccc(Cl)cc1C(=O)N(C)CCN1CCNCC1. The highest BCUT2D eigenvalue weighted by atomic mass is 35.5. The number of aryl methyl sites for hydroxylation is 1. The quantitative estimate of drug-likeness (QED) is 0.917. The van der Waals surface area contributed by atoms with Crippen LogP contribution in [-0.2, 0) is 0 Å². The smallest absolute Gasteiger partial charge is 0.253 e. The number of carbonyl (C=O) groups is 1. The molecule has 4 nitrogen and oxygen atoms in total. The molecular weight excluding hydrogens is 274 g/mol. The van der Waals surface area contributed by atoms with Crippen molar-refractivity contribution in [1.29, 1.82) is 0 Å². The molecule has 0 aliphatic carbocycles. The normalized spacial score (nSPS) is 16.1. The van der Waals surface area contributed by atoms with Crippen LogP contribution in [0.25, 0.3) is 0 Å². The van der Waals surface area contributed by atoms with E-state index in [1.54, 1.807) is 11.0 Å². The summed E-state index contributed by atoms with van der Waals surface area (Å²) >= 11 is 5.98. The van der Waals surface area contributed by atoms with Crippen molar-refractivity contribution in [3.8, 4) is 0 Å². The van der Waals surface area contributed by atoms with Gasteiger partial charge in [-0.25, -0.2) is 0 Å². The molecule has 5 heteroatoms. The van der Waals surface area contributed by atoms with E-state index in [0.29, 0.717) is 10.6 Å². The highest BCUT2D eigenvalue weighted by Crippen LogP contribution is 2.16. The standard InChI is InChI=1S/C15H22ClN3O/c1-12-3-4-13(16)11-14(12)15(20)18(2)9-10-19-7-5-17-6-8-19/h3-4,11,17H,5-10H2,1-2H3. The molecule has 1 aliphatic rings. The van der Waals surface area contributed by atoms with Crippen molar-refractivity contribution >= 4 is 17.5 Å². The first-order chi connectivity index (χ1) is 9.58. The number of piperazine rings is 1. The van der Waals surface area contributed by atoms with Gasteiger partial charge in [0.2, 0.25) is 0 Å². The zero-order chi connectivity index (χ0) is 14.5. The number of rotatable bonds is 4. The Morgan fingerprint density at radius 1 is 1.40 bits per heavy atom. The van der Waals surface area contributed by atoms with Gasteiger partial charge in [0.05, 0.1) is 0 Å². The largest absolute Gasteiger partial charge is 0.340 e.